The zero-order valence-corrected chi connectivity index (χ0v) is 18.5. The third-order valence-corrected chi connectivity index (χ3v) is 6.97. The van der Waals surface area contributed by atoms with E-state index in [0.717, 1.165) is 11.1 Å². The summed E-state index contributed by atoms with van der Waals surface area (Å²) >= 11 is 0. The third-order valence-electron chi connectivity index (χ3n) is 5.18. The summed E-state index contributed by atoms with van der Waals surface area (Å²) in [4.78, 5) is 39.5. The van der Waals surface area contributed by atoms with Gasteiger partial charge in [0.1, 0.15) is 17.5 Å². The molecule has 1 aliphatic heterocycles. The van der Waals surface area contributed by atoms with Gasteiger partial charge in [-0.2, -0.15) is 0 Å². The van der Waals surface area contributed by atoms with E-state index in [4.69, 9.17) is 0 Å². The number of hydrogen-bond acceptors (Lipinski definition) is 5. The van der Waals surface area contributed by atoms with Crippen LogP contribution >= 0.6 is 0 Å². The lowest BCUT2D eigenvalue weighted by atomic mass is 10.1. The lowest BCUT2D eigenvalue weighted by molar-refractivity contribution is -0.140. The van der Waals surface area contributed by atoms with Crippen molar-refractivity contribution in [3.8, 4) is 0 Å². The molecule has 0 aliphatic carbocycles. The fraction of sp³-hybridized carbons (Fsp3) is 0.318. The second-order valence-electron chi connectivity index (χ2n) is 7.39. The van der Waals surface area contributed by atoms with Crippen molar-refractivity contribution in [2.24, 2.45) is 0 Å². The predicted molar refractivity (Wildman–Crippen MR) is 115 cm³/mol. The van der Waals surface area contributed by atoms with E-state index >= 15 is 0 Å². The molecule has 0 aromatic heterocycles. The monoisotopic (exact) mass is 443 g/mol. The van der Waals surface area contributed by atoms with E-state index in [1.54, 1.807) is 19.9 Å². The Hall–Kier alpha value is -3.20. The maximum atomic E-state index is 13.2. The summed E-state index contributed by atoms with van der Waals surface area (Å²) < 4.78 is 26.2. The number of amides is 3. The Morgan fingerprint density at radius 2 is 1.74 bits per heavy atom. The molecule has 3 rings (SSSR count). The fourth-order valence-corrected chi connectivity index (χ4v) is 4.91. The smallest absolute Gasteiger partial charge is 0.269 e. The molecule has 164 valence electrons. The second-order valence-corrected chi connectivity index (χ2v) is 9.22. The molecule has 0 fully saturated rings. The number of aryl methyl sites for hydroxylation is 1. The minimum atomic E-state index is -4.12. The Morgan fingerprint density at radius 1 is 1.10 bits per heavy atom. The van der Waals surface area contributed by atoms with Crippen LogP contribution < -0.4 is 5.32 Å². The summed E-state index contributed by atoms with van der Waals surface area (Å²) in [6, 6.07) is 12.5. The van der Waals surface area contributed by atoms with Crippen molar-refractivity contribution in [1.82, 2.24) is 14.5 Å². The number of nitrogens with one attached hydrogen (secondary N) is 1. The van der Waals surface area contributed by atoms with Gasteiger partial charge < -0.3 is 10.2 Å². The van der Waals surface area contributed by atoms with Crippen LogP contribution in [0.1, 0.15) is 35.3 Å². The highest BCUT2D eigenvalue weighted by Gasteiger charge is 2.43. The number of sulfonamides is 1. The highest BCUT2D eigenvalue weighted by molar-refractivity contribution is 7.90. The lowest BCUT2D eigenvalue weighted by Crippen LogP contribution is -2.51. The zero-order chi connectivity index (χ0) is 22.8. The molecular formula is C22H25N3O5S. The molecule has 1 heterocycles. The fourth-order valence-electron chi connectivity index (χ4n) is 3.40. The van der Waals surface area contributed by atoms with Crippen LogP contribution in [0, 0.1) is 6.92 Å². The summed E-state index contributed by atoms with van der Waals surface area (Å²) in [5.74, 6) is -1.74. The van der Waals surface area contributed by atoms with Crippen LogP contribution in [0.15, 0.2) is 53.4 Å². The van der Waals surface area contributed by atoms with Crippen LogP contribution in [0.25, 0.3) is 0 Å². The van der Waals surface area contributed by atoms with Gasteiger partial charge in [-0.1, -0.05) is 42.0 Å². The topological polar surface area (TPSA) is 104 Å². The Labute approximate surface area is 181 Å². The van der Waals surface area contributed by atoms with Gasteiger partial charge in [0, 0.05) is 13.1 Å². The highest BCUT2D eigenvalue weighted by atomic mass is 32.2. The van der Waals surface area contributed by atoms with Crippen LogP contribution in [0.4, 0.5) is 0 Å². The molecule has 8 nitrogen and oxygen atoms in total. The SMILES string of the molecule is CCNC(=O)C(C)N(Cc1ccc(C)cc1)C(=O)CN1C(=O)c2ccccc2S1(=O)=O. The van der Waals surface area contributed by atoms with Crippen LogP contribution in [-0.2, 0) is 26.2 Å². The molecule has 2 aromatic rings. The molecule has 0 saturated heterocycles. The Morgan fingerprint density at radius 3 is 2.35 bits per heavy atom. The van der Waals surface area contributed by atoms with E-state index in [2.05, 4.69) is 5.32 Å². The zero-order valence-electron chi connectivity index (χ0n) is 17.7. The summed E-state index contributed by atoms with van der Waals surface area (Å²) in [5, 5.41) is 2.68. The van der Waals surface area contributed by atoms with Crippen molar-refractivity contribution in [2.45, 2.75) is 38.3 Å². The van der Waals surface area contributed by atoms with E-state index in [-0.39, 0.29) is 22.9 Å². The Bertz CT molecular complexity index is 1110. The van der Waals surface area contributed by atoms with E-state index < -0.39 is 34.4 Å². The van der Waals surface area contributed by atoms with Gasteiger partial charge in [0.25, 0.3) is 15.9 Å². The van der Waals surface area contributed by atoms with Gasteiger partial charge in [0.2, 0.25) is 11.8 Å². The molecule has 1 N–H and O–H groups in total. The average Bonchev–Trinajstić information content (AvgIpc) is 2.94. The van der Waals surface area contributed by atoms with Crippen LogP contribution in [-0.4, -0.2) is 54.5 Å². The first-order valence-corrected chi connectivity index (χ1v) is 11.4. The minimum absolute atomic E-state index is 0.0390. The van der Waals surface area contributed by atoms with E-state index in [0.29, 0.717) is 10.8 Å². The summed E-state index contributed by atoms with van der Waals surface area (Å²) in [6.45, 7) is 5.10. The standard InChI is InChI=1S/C22H25N3O5S/c1-4-23-21(27)16(3)24(13-17-11-9-15(2)10-12-17)20(26)14-25-22(28)18-7-5-6-8-19(18)31(25,29)30/h5-12,16H,4,13-14H2,1-3H3,(H,23,27). The van der Waals surface area contributed by atoms with Crippen LogP contribution in [0.3, 0.4) is 0 Å². The molecule has 0 radical (unpaired) electrons. The molecule has 9 heteroatoms. The van der Waals surface area contributed by atoms with Crippen molar-refractivity contribution in [1.29, 1.82) is 0 Å². The van der Waals surface area contributed by atoms with Gasteiger partial charge in [-0.25, -0.2) is 12.7 Å². The summed E-state index contributed by atoms with van der Waals surface area (Å²) in [6.07, 6.45) is 0. The van der Waals surface area contributed by atoms with Gasteiger partial charge in [-0.05, 0) is 38.5 Å². The van der Waals surface area contributed by atoms with Crippen LogP contribution in [0.2, 0.25) is 0 Å². The van der Waals surface area contributed by atoms with Gasteiger partial charge in [-0.15, -0.1) is 0 Å². The Balaban J connectivity index is 1.88. The van der Waals surface area contributed by atoms with Crippen molar-refractivity contribution >= 4 is 27.7 Å². The first-order valence-electron chi connectivity index (χ1n) is 9.95. The predicted octanol–water partition coefficient (Wildman–Crippen LogP) is 1.69. The number of hydrogen-bond donors (Lipinski definition) is 1. The normalized spacial score (nSPS) is 15.3. The van der Waals surface area contributed by atoms with Crippen molar-refractivity contribution in [3.63, 3.8) is 0 Å². The molecule has 1 unspecified atom stereocenters. The molecule has 1 atom stereocenters. The molecule has 0 spiro atoms. The number of rotatable bonds is 7. The first-order chi connectivity index (χ1) is 14.7. The van der Waals surface area contributed by atoms with Crippen molar-refractivity contribution in [3.05, 3.63) is 65.2 Å². The summed E-state index contributed by atoms with van der Waals surface area (Å²) in [5.41, 5.74) is 1.87. The van der Waals surface area contributed by atoms with E-state index in [1.165, 1.54) is 23.1 Å². The largest absolute Gasteiger partial charge is 0.355 e. The minimum Gasteiger partial charge on any atom is -0.355 e. The highest BCUT2D eigenvalue weighted by Crippen LogP contribution is 2.30. The quantitative estimate of drug-likeness (QED) is 0.701. The van der Waals surface area contributed by atoms with E-state index in [1.807, 2.05) is 31.2 Å². The summed E-state index contributed by atoms with van der Waals surface area (Å²) in [7, 11) is -4.12. The van der Waals surface area contributed by atoms with Gasteiger partial charge in [0.05, 0.1) is 5.56 Å². The van der Waals surface area contributed by atoms with Crippen LogP contribution in [0.5, 0.6) is 0 Å². The number of fused-ring (bicyclic) bond motifs is 1. The number of likely N-dealkylation sites (N-methyl/N-ethyl adjacent to an activating group) is 1. The number of carbonyl (C=O) groups is 3. The van der Waals surface area contributed by atoms with Crippen molar-refractivity contribution < 1.29 is 22.8 Å². The number of benzene rings is 2. The number of carbonyl (C=O) groups excluding carboxylic acids is 3. The van der Waals surface area contributed by atoms with Gasteiger partial charge in [-0.3, -0.25) is 14.4 Å². The number of nitrogens with zero attached hydrogens (tertiary/aromatic N) is 2. The maximum absolute atomic E-state index is 13.2. The molecule has 0 saturated carbocycles. The first kappa shape index (κ1) is 22.5. The molecule has 2 aromatic carbocycles. The second kappa shape index (κ2) is 8.89. The van der Waals surface area contributed by atoms with Gasteiger partial charge >= 0.3 is 0 Å². The Kier molecular flexibility index (Phi) is 6.45. The molecule has 1 aliphatic rings. The molecular weight excluding hydrogens is 418 g/mol. The van der Waals surface area contributed by atoms with Crippen molar-refractivity contribution in [2.75, 3.05) is 13.1 Å². The third kappa shape index (κ3) is 4.46. The molecule has 3 amide bonds. The van der Waals surface area contributed by atoms with E-state index in [9.17, 15) is 22.8 Å². The maximum Gasteiger partial charge on any atom is 0.269 e. The molecule has 31 heavy (non-hydrogen) atoms. The van der Waals surface area contributed by atoms with Gasteiger partial charge in [0.15, 0.2) is 0 Å². The lowest BCUT2D eigenvalue weighted by Gasteiger charge is -2.30. The average molecular weight is 444 g/mol. The molecule has 0 bridgehead atoms.